The molecule has 0 aliphatic carbocycles. The Labute approximate surface area is 171 Å². The van der Waals surface area contributed by atoms with Gasteiger partial charge in [0.2, 0.25) is 0 Å². The van der Waals surface area contributed by atoms with Crippen LogP contribution in [0.2, 0.25) is 0 Å². The molecule has 150 valence electrons. The molecule has 2 aromatic rings. The van der Waals surface area contributed by atoms with E-state index in [1.54, 1.807) is 6.07 Å². The van der Waals surface area contributed by atoms with Crippen LogP contribution in [0.4, 0.5) is 0 Å². The Bertz CT molecular complexity index is 1070. The van der Waals surface area contributed by atoms with Crippen LogP contribution in [0, 0.1) is 11.3 Å². The minimum absolute atomic E-state index is 0.0490. The van der Waals surface area contributed by atoms with Crippen molar-refractivity contribution in [2.75, 3.05) is 37.7 Å². The first kappa shape index (κ1) is 19.6. The zero-order valence-electron chi connectivity index (χ0n) is 16.1. The second-order valence-corrected chi connectivity index (χ2v) is 9.82. The normalized spacial score (nSPS) is 21.6. The van der Waals surface area contributed by atoms with E-state index >= 15 is 0 Å². The van der Waals surface area contributed by atoms with Crippen molar-refractivity contribution >= 4 is 15.7 Å². The van der Waals surface area contributed by atoms with E-state index in [0.29, 0.717) is 43.7 Å². The van der Waals surface area contributed by atoms with Crippen molar-refractivity contribution < 1.29 is 13.2 Å². The van der Waals surface area contributed by atoms with Crippen LogP contribution in [-0.2, 0) is 9.84 Å². The highest BCUT2D eigenvalue weighted by atomic mass is 32.2. The van der Waals surface area contributed by atoms with Crippen LogP contribution in [0.15, 0.2) is 48.5 Å². The van der Waals surface area contributed by atoms with Gasteiger partial charge in [-0.15, -0.1) is 0 Å². The number of hydrogen-bond acceptors (Lipinski definition) is 5. The molecular formula is C22H23N3O3S. The predicted molar refractivity (Wildman–Crippen MR) is 111 cm³/mol. The molecule has 6 nitrogen and oxygen atoms in total. The first-order chi connectivity index (χ1) is 14.0. The average molecular weight is 410 g/mol. The second-order valence-electron chi connectivity index (χ2n) is 7.59. The first-order valence-corrected chi connectivity index (χ1v) is 11.6. The van der Waals surface area contributed by atoms with Crippen LogP contribution in [0.25, 0.3) is 11.1 Å². The molecule has 0 bridgehead atoms. The van der Waals surface area contributed by atoms with Crippen LogP contribution in [0.1, 0.15) is 22.3 Å². The fourth-order valence-electron chi connectivity index (χ4n) is 4.24. The Morgan fingerprint density at radius 2 is 1.62 bits per heavy atom. The van der Waals surface area contributed by atoms with E-state index in [1.165, 1.54) is 0 Å². The summed E-state index contributed by atoms with van der Waals surface area (Å²) in [6, 6.07) is 17.0. The lowest BCUT2D eigenvalue weighted by Gasteiger charge is -2.37. The lowest BCUT2D eigenvalue weighted by Crippen LogP contribution is -2.52. The molecule has 0 aromatic heterocycles. The van der Waals surface area contributed by atoms with Crippen molar-refractivity contribution in [1.82, 2.24) is 9.80 Å². The highest BCUT2D eigenvalue weighted by molar-refractivity contribution is 7.91. The van der Waals surface area contributed by atoms with Crippen molar-refractivity contribution in [3.05, 3.63) is 59.7 Å². The maximum absolute atomic E-state index is 13.3. The van der Waals surface area contributed by atoms with Gasteiger partial charge in [-0.1, -0.05) is 36.4 Å². The minimum atomic E-state index is -2.91. The number of amides is 1. The fraction of sp³-hybridized carbons (Fsp3) is 0.364. The number of hydrogen-bond donors (Lipinski definition) is 0. The summed E-state index contributed by atoms with van der Waals surface area (Å²) >= 11 is 0. The van der Waals surface area contributed by atoms with E-state index in [-0.39, 0.29) is 23.5 Å². The molecule has 4 rings (SSSR count). The van der Waals surface area contributed by atoms with Crippen LogP contribution >= 0.6 is 0 Å². The van der Waals surface area contributed by atoms with E-state index in [4.69, 9.17) is 0 Å². The molecule has 1 amide bonds. The lowest BCUT2D eigenvalue weighted by molar-refractivity contribution is 0.0588. The molecule has 29 heavy (non-hydrogen) atoms. The van der Waals surface area contributed by atoms with Gasteiger partial charge in [-0.3, -0.25) is 9.69 Å². The largest absolute Gasteiger partial charge is 0.336 e. The maximum Gasteiger partial charge on any atom is 0.254 e. The second kappa shape index (κ2) is 7.97. The minimum Gasteiger partial charge on any atom is -0.336 e. The number of nitrogens with zero attached hydrogens (tertiary/aromatic N) is 3. The van der Waals surface area contributed by atoms with Gasteiger partial charge >= 0.3 is 0 Å². The Kier molecular flexibility index (Phi) is 5.39. The topological polar surface area (TPSA) is 81.5 Å². The van der Waals surface area contributed by atoms with Gasteiger partial charge in [-0.2, -0.15) is 5.26 Å². The summed E-state index contributed by atoms with van der Waals surface area (Å²) in [5.41, 5.74) is 2.65. The number of benzene rings is 2. The van der Waals surface area contributed by atoms with E-state index in [1.807, 2.05) is 47.4 Å². The zero-order chi connectivity index (χ0) is 20.4. The molecule has 2 heterocycles. The Hall–Kier alpha value is -2.69. The van der Waals surface area contributed by atoms with Crippen molar-refractivity contribution in [3.63, 3.8) is 0 Å². The Morgan fingerprint density at radius 3 is 2.28 bits per heavy atom. The molecule has 0 N–H and O–H groups in total. The van der Waals surface area contributed by atoms with Crippen LogP contribution in [0.5, 0.6) is 0 Å². The molecule has 2 aliphatic heterocycles. The number of rotatable bonds is 3. The molecule has 7 heteroatoms. The van der Waals surface area contributed by atoms with Crippen molar-refractivity contribution in [3.8, 4) is 17.2 Å². The standard InChI is InChI=1S/C22H23N3O3S/c23-15-17-5-1-2-6-19(17)20-7-3-4-8-21(20)22(26)25-12-10-24(11-13-25)18-9-14-29(27,28)16-18/h1-8,18H,9-14,16H2/t18-/m0/s1. The third-order valence-electron chi connectivity index (χ3n) is 5.82. The summed E-state index contributed by atoms with van der Waals surface area (Å²) in [6.45, 7) is 2.51. The molecule has 0 unspecified atom stereocenters. The van der Waals surface area contributed by atoms with Crippen molar-refractivity contribution in [2.45, 2.75) is 12.5 Å². The first-order valence-electron chi connectivity index (χ1n) is 9.81. The molecular weight excluding hydrogens is 386 g/mol. The number of carbonyl (C=O) groups excluding carboxylic acids is 1. The number of nitriles is 1. The predicted octanol–water partition coefficient (Wildman–Crippen LogP) is 2.17. The summed E-state index contributed by atoms with van der Waals surface area (Å²) in [5.74, 6) is 0.448. The average Bonchev–Trinajstić information content (AvgIpc) is 3.13. The summed E-state index contributed by atoms with van der Waals surface area (Å²) in [4.78, 5) is 17.3. The summed E-state index contributed by atoms with van der Waals surface area (Å²) in [5, 5.41) is 9.43. The van der Waals surface area contributed by atoms with Crippen LogP contribution < -0.4 is 0 Å². The molecule has 0 saturated carbocycles. The number of piperazine rings is 1. The number of sulfone groups is 1. The van der Waals surface area contributed by atoms with Crippen LogP contribution in [0.3, 0.4) is 0 Å². The monoisotopic (exact) mass is 409 g/mol. The van der Waals surface area contributed by atoms with Crippen molar-refractivity contribution in [2.24, 2.45) is 0 Å². The van der Waals surface area contributed by atoms with Gasteiger partial charge in [0.1, 0.15) is 0 Å². The third-order valence-corrected chi connectivity index (χ3v) is 7.57. The third kappa shape index (κ3) is 4.04. The highest BCUT2D eigenvalue weighted by Crippen LogP contribution is 2.28. The van der Waals surface area contributed by atoms with Gasteiger partial charge in [0.05, 0.1) is 23.1 Å². The molecule has 2 fully saturated rings. The maximum atomic E-state index is 13.3. The van der Waals surface area contributed by atoms with Gasteiger partial charge in [0, 0.05) is 43.3 Å². The molecule has 2 saturated heterocycles. The Morgan fingerprint density at radius 1 is 0.966 bits per heavy atom. The molecule has 1 atom stereocenters. The van der Waals surface area contributed by atoms with Gasteiger partial charge in [-0.05, 0) is 24.1 Å². The molecule has 2 aromatic carbocycles. The SMILES string of the molecule is N#Cc1ccccc1-c1ccccc1C(=O)N1CCN([C@H]2CCS(=O)(=O)C2)CC1. The van der Waals surface area contributed by atoms with Gasteiger partial charge in [0.25, 0.3) is 5.91 Å². The highest BCUT2D eigenvalue weighted by Gasteiger charge is 2.34. The van der Waals surface area contributed by atoms with E-state index < -0.39 is 9.84 Å². The summed E-state index contributed by atoms with van der Waals surface area (Å²) in [7, 11) is -2.91. The summed E-state index contributed by atoms with van der Waals surface area (Å²) < 4.78 is 23.5. The quantitative estimate of drug-likeness (QED) is 0.776. The van der Waals surface area contributed by atoms with Gasteiger partial charge in [-0.25, -0.2) is 8.42 Å². The smallest absolute Gasteiger partial charge is 0.254 e. The number of carbonyl (C=O) groups is 1. The molecule has 0 radical (unpaired) electrons. The molecule has 0 spiro atoms. The van der Waals surface area contributed by atoms with Gasteiger partial charge in [0.15, 0.2) is 9.84 Å². The van der Waals surface area contributed by atoms with Crippen LogP contribution in [-0.4, -0.2) is 67.9 Å². The van der Waals surface area contributed by atoms with E-state index in [0.717, 1.165) is 11.1 Å². The Balaban J connectivity index is 1.51. The lowest BCUT2D eigenvalue weighted by atomic mass is 9.95. The summed E-state index contributed by atoms with van der Waals surface area (Å²) in [6.07, 6.45) is 0.685. The zero-order valence-corrected chi connectivity index (χ0v) is 16.9. The molecule has 2 aliphatic rings. The van der Waals surface area contributed by atoms with Crippen molar-refractivity contribution in [1.29, 1.82) is 5.26 Å². The van der Waals surface area contributed by atoms with E-state index in [2.05, 4.69) is 11.0 Å². The van der Waals surface area contributed by atoms with E-state index in [9.17, 15) is 18.5 Å². The van der Waals surface area contributed by atoms with Gasteiger partial charge < -0.3 is 4.90 Å². The fourth-order valence-corrected chi connectivity index (χ4v) is 6.01.